The van der Waals surface area contributed by atoms with Gasteiger partial charge in [0, 0.05) is 5.56 Å². The predicted octanol–water partition coefficient (Wildman–Crippen LogP) is 4.92. The summed E-state index contributed by atoms with van der Waals surface area (Å²) in [7, 11) is 1.73. The molecule has 1 heterocycles. The lowest BCUT2D eigenvalue weighted by Crippen LogP contribution is -2.23. The SMILES string of the molecule is CCCNC(c1csc(Br)c1)c1cc(C)ccc1OC. The Balaban J connectivity index is 2.42. The van der Waals surface area contributed by atoms with Crippen LogP contribution in [0.1, 0.15) is 36.1 Å². The maximum atomic E-state index is 5.54. The van der Waals surface area contributed by atoms with Gasteiger partial charge in [0.25, 0.3) is 0 Å². The van der Waals surface area contributed by atoms with Gasteiger partial charge in [-0.25, -0.2) is 0 Å². The smallest absolute Gasteiger partial charge is 0.123 e. The number of hydrogen-bond acceptors (Lipinski definition) is 3. The van der Waals surface area contributed by atoms with Crippen molar-refractivity contribution in [2.24, 2.45) is 0 Å². The highest BCUT2D eigenvalue weighted by Gasteiger charge is 2.19. The zero-order valence-corrected chi connectivity index (χ0v) is 14.5. The quantitative estimate of drug-likeness (QED) is 0.795. The molecule has 108 valence electrons. The molecule has 0 fully saturated rings. The van der Waals surface area contributed by atoms with Gasteiger partial charge in [0.15, 0.2) is 0 Å². The van der Waals surface area contributed by atoms with Crippen LogP contribution in [0.5, 0.6) is 5.75 Å². The summed E-state index contributed by atoms with van der Waals surface area (Å²) in [5.41, 5.74) is 3.73. The third-order valence-corrected chi connectivity index (χ3v) is 4.74. The zero-order valence-electron chi connectivity index (χ0n) is 12.1. The van der Waals surface area contributed by atoms with Crippen molar-refractivity contribution in [3.63, 3.8) is 0 Å². The molecule has 1 aromatic carbocycles. The molecule has 0 bridgehead atoms. The number of ether oxygens (including phenoxy) is 1. The van der Waals surface area contributed by atoms with Crippen molar-refractivity contribution in [1.82, 2.24) is 5.32 Å². The van der Waals surface area contributed by atoms with Crippen LogP contribution in [0.15, 0.2) is 33.4 Å². The van der Waals surface area contributed by atoms with Crippen molar-refractivity contribution in [3.8, 4) is 5.75 Å². The number of aryl methyl sites for hydroxylation is 1. The van der Waals surface area contributed by atoms with Gasteiger partial charge in [-0.2, -0.15) is 0 Å². The number of hydrogen-bond donors (Lipinski definition) is 1. The Kier molecular flexibility index (Phi) is 5.64. The van der Waals surface area contributed by atoms with Crippen LogP contribution in [-0.2, 0) is 0 Å². The Morgan fingerprint density at radius 3 is 2.75 bits per heavy atom. The first kappa shape index (κ1) is 15.5. The fraction of sp³-hybridized carbons (Fsp3) is 0.375. The minimum absolute atomic E-state index is 0.173. The molecule has 1 atom stereocenters. The van der Waals surface area contributed by atoms with E-state index in [1.807, 2.05) is 6.07 Å². The third kappa shape index (κ3) is 3.62. The van der Waals surface area contributed by atoms with Crippen LogP contribution in [0.2, 0.25) is 0 Å². The standard InChI is InChI=1S/C16H20BrNOS/c1-4-7-18-16(12-9-15(17)20-10-12)13-8-11(2)5-6-14(13)19-3/h5-6,8-10,16,18H,4,7H2,1-3H3. The van der Waals surface area contributed by atoms with E-state index in [1.54, 1.807) is 18.4 Å². The Bertz CT molecular complexity index is 567. The van der Waals surface area contributed by atoms with Crippen molar-refractivity contribution in [2.45, 2.75) is 26.3 Å². The Hall–Kier alpha value is -0.840. The lowest BCUT2D eigenvalue weighted by Gasteiger charge is -2.21. The van der Waals surface area contributed by atoms with Gasteiger partial charge in [-0.1, -0.05) is 24.6 Å². The molecule has 0 aliphatic carbocycles. The Morgan fingerprint density at radius 2 is 2.15 bits per heavy atom. The summed E-state index contributed by atoms with van der Waals surface area (Å²) >= 11 is 5.27. The fourth-order valence-corrected chi connectivity index (χ4v) is 3.45. The molecule has 0 saturated heterocycles. The van der Waals surface area contributed by atoms with Crippen LogP contribution in [0, 0.1) is 6.92 Å². The highest BCUT2D eigenvalue weighted by Crippen LogP contribution is 2.34. The first-order valence-corrected chi connectivity index (χ1v) is 8.44. The summed E-state index contributed by atoms with van der Waals surface area (Å²) in [6.07, 6.45) is 1.11. The molecule has 0 aliphatic heterocycles. The molecule has 2 aromatic rings. The van der Waals surface area contributed by atoms with Gasteiger partial charge in [-0.3, -0.25) is 0 Å². The molecule has 0 aliphatic rings. The van der Waals surface area contributed by atoms with Crippen molar-refractivity contribution in [1.29, 1.82) is 0 Å². The molecule has 2 rings (SSSR count). The fourth-order valence-electron chi connectivity index (χ4n) is 2.25. The maximum Gasteiger partial charge on any atom is 0.123 e. The third-order valence-electron chi connectivity index (χ3n) is 3.22. The summed E-state index contributed by atoms with van der Waals surface area (Å²) < 4.78 is 6.70. The predicted molar refractivity (Wildman–Crippen MR) is 89.9 cm³/mol. The first-order chi connectivity index (χ1) is 9.65. The van der Waals surface area contributed by atoms with Gasteiger partial charge >= 0.3 is 0 Å². The van der Waals surface area contributed by atoms with Crippen molar-refractivity contribution < 1.29 is 4.74 Å². The summed E-state index contributed by atoms with van der Waals surface area (Å²) in [4.78, 5) is 0. The van der Waals surface area contributed by atoms with E-state index in [1.165, 1.54) is 16.7 Å². The average molecular weight is 354 g/mol. The maximum absolute atomic E-state index is 5.54. The molecule has 0 spiro atoms. The minimum Gasteiger partial charge on any atom is -0.496 e. The van der Waals surface area contributed by atoms with E-state index >= 15 is 0 Å². The van der Waals surface area contributed by atoms with Crippen molar-refractivity contribution in [3.05, 3.63) is 50.1 Å². The highest BCUT2D eigenvalue weighted by atomic mass is 79.9. The van der Waals surface area contributed by atoms with Crippen LogP contribution in [0.25, 0.3) is 0 Å². The molecule has 1 N–H and O–H groups in total. The molecule has 4 heteroatoms. The second kappa shape index (κ2) is 7.25. The summed E-state index contributed by atoms with van der Waals surface area (Å²) in [5, 5.41) is 5.82. The van der Waals surface area contributed by atoms with Crippen LogP contribution in [-0.4, -0.2) is 13.7 Å². The van der Waals surface area contributed by atoms with Crippen LogP contribution >= 0.6 is 27.3 Å². The lowest BCUT2D eigenvalue weighted by atomic mass is 9.98. The summed E-state index contributed by atoms with van der Waals surface area (Å²) in [5.74, 6) is 0.937. The van der Waals surface area contributed by atoms with Crippen molar-refractivity contribution in [2.75, 3.05) is 13.7 Å². The average Bonchev–Trinajstić information content (AvgIpc) is 2.86. The van der Waals surface area contributed by atoms with Crippen LogP contribution < -0.4 is 10.1 Å². The summed E-state index contributed by atoms with van der Waals surface area (Å²) in [6.45, 7) is 5.28. The number of halogens is 1. The molecule has 0 radical (unpaired) electrons. The molecule has 0 amide bonds. The topological polar surface area (TPSA) is 21.3 Å². The monoisotopic (exact) mass is 353 g/mol. The molecule has 1 unspecified atom stereocenters. The number of thiophene rings is 1. The minimum atomic E-state index is 0.173. The number of benzene rings is 1. The van der Waals surface area contributed by atoms with Gasteiger partial charge < -0.3 is 10.1 Å². The van der Waals surface area contributed by atoms with Crippen molar-refractivity contribution >= 4 is 27.3 Å². The van der Waals surface area contributed by atoms with E-state index in [0.717, 1.165) is 22.5 Å². The Labute approximate surface area is 133 Å². The second-order valence-corrected chi connectivity index (χ2v) is 7.11. The second-order valence-electron chi connectivity index (χ2n) is 4.82. The molecule has 20 heavy (non-hydrogen) atoms. The number of methoxy groups -OCH3 is 1. The zero-order chi connectivity index (χ0) is 14.5. The van der Waals surface area contributed by atoms with E-state index in [0.29, 0.717) is 0 Å². The molecule has 1 aromatic heterocycles. The number of nitrogens with one attached hydrogen (secondary N) is 1. The largest absolute Gasteiger partial charge is 0.496 e. The van der Waals surface area contributed by atoms with E-state index in [2.05, 4.69) is 58.7 Å². The van der Waals surface area contributed by atoms with E-state index in [-0.39, 0.29) is 6.04 Å². The van der Waals surface area contributed by atoms with Gasteiger partial charge in [-0.05, 0) is 58.9 Å². The molecule has 2 nitrogen and oxygen atoms in total. The van der Waals surface area contributed by atoms with E-state index in [4.69, 9.17) is 4.74 Å². The van der Waals surface area contributed by atoms with Crippen LogP contribution in [0.3, 0.4) is 0 Å². The highest BCUT2D eigenvalue weighted by molar-refractivity contribution is 9.11. The molecular weight excluding hydrogens is 334 g/mol. The van der Waals surface area contributed by atoms with E-state index < -0.39 is 0 Å². The molecular formula is C16H20BrNOS. The normalized spacial score (nSPS) is 12.4. The van der Waals surface area contributed by atoms with Gasteiger partial charge in [-0.15, -0.1) is 11.3 Å². The summed E-state index contributed by atoms with van der Waals surface area (Å²) in [6, 6.07) is 8.69. The first-order valence-electron chi connectivity index (χ1n) is 6.77. The van der Waals surface area contributed by atoms with Gasteiger partial charge in [0.2, 0.25) is 0 Å². The number of rotatable bonds is 6. The van der Waals surface area contributed by atoms with Gasteiger partial charge in [0.1, 0.15) is 5.75 Å². The lowest BCUT2D eigenvalue weighted by molar-refractivity contribution is 0.403. The Morgan fingerprint density at radius 1 is 1.35 bits per heavy atom. The van der Waals surface area contributed by atoms with Crippen LogP contribution in [0.4, 0.5) is 0 Å². The molecule has 0 saturated carbocycles. The van der Waals surface area contributed by atoms with E-state index in [9.17, 15) is 0 Å². The van der Waals surface area contributed by atoms with Gasteiger partial charge in [0.05, 0.1) is 16.9 Å².